The lowest BCUT2D eigenvalue weighted by Crippen LogP contribution is -2.16. The maximum absolute atomic E-state index is 12.3. The number of nitrogens with one attached hydrogen (secondary N) is 2. The van der Waals surface area contributed by atoms with E-state index in [2.05, 4.69) is 15.6 Å². The maximum Gasteiger partial charge on any atom is 0.259 e. The minimum atomic E-state index is -0.343. The number of rotatable bonds is 3. The molecule has 110 valence electrons. The highest BCUT2D eigenvalue weighted by atomic mass is 35.5. The van der Waals surface area contributed by atoms with Crippen molar-refractivity contribution >= 4 is 45.6 Å². The van der Waals surface area contributed by atoms with Gasteiger partial charge in [-0.25, -0.2) is 4.98 Å². The summed E-state index contributed by atoms with van der Waals surface area (Å²) in [5.74, 6) is -0.614. The first-order chi connectivity index (χ1) is 9.86. The quantitative estimate of drug-likeness (QED) is 0.906. The van der Waals surface area contributed by atoms with Gasteiger partial charge in [0.25, 0.3) is 5.91 Å². The number of hydrogen-bond donors (Lipinski definition) is 2. The molecule has 1 aromatic heterocycles. The first-order valence-electron chi connectivity index (χ1n) is 6.19. The smallest absolute Gasteiger partial charge is 0.259 e. The third kappa shape index (κ3) is 3.80. The van der Waals surface area contributed by atoms with Crippen LogP contribution in [0.4, 0.5) is 10.8 Å². The summed E-state index contributed by atoms with van der Waals surface area (Å²) in [6, 6.07) is 4.70. The first kappa shape index (κ1) is 15.5. The van der Waals surface area contributed by atoms with E-state index in [1.54, 1.807) is 12.1 Å². The Morgan fingerprint density at radius 2 is 1.95 bits per heavy atom. The van der Waals surface area contributed by atoms with Crippen molar-refractivity contribution in [1.82, 2.24) is 4.98 Å². The second kappa shape index (κ2) is 6.24. The van der Waals surface area contributed by atoms with Crippen molar-refractivity contribution in [3.63, 3.8) is 0 Å². The molecule has 0 saturated carbocycles. The summed E-state index contributed by atoms with van der Waals surface area (Å²) < 4.78 is 0. The van der Waals surface area contributed by atoms with Crippen LogP contribution in [-0.2, 0) is 4.79 Å². The molecular weight excluding hydrogens is 310 g/mol. The van der Waals surface area contributed by atoms with Crippen molar-refractivity contribution in [3.8, 4) is 0 Å². The van der Waals surface area contributed by atoms with Gasteiger partial charge in [0, 0.05) is 16.8 Å². The van der Waals surface area contributed by atoms with Gasteiger partial charge < -0.3 is 5.32 Å². The normalized spacial score (nSPS) is 10.3. The Labute approximate surface area is 131 Å². The van der Waals surface area contributed by atoms with Crippen LogP contribution in [0.5, 0.6) is 0 Å². The Bertz CT molecular complexity index is 693. The molecule has 0 atom stereocenters. The molecule has 2 amide bonds. The minimum absolute atomic E-state index is 0.271. The maximum atomic E-state index is 12.3. The zero-order valence-electron chi connectivity index (χ0n) is 11.8. The fourth-order valence-corrected chi connectivity index (χ4v) is 2.68. The van der Waals surface area contributed by atoms with E-state index in [1.807, 2.05) is 13.8 Å². The molecule has 0 saturated heterocycles. The van der Waals surface area contributed by atoms with Crippen molar-refractivity contribution in [2.24, 2.45) is 0 Å². The van der Waals surface area contributed by atoms with Crippen LogP contribution < -0.4 is 10.6 Å². The van der Waals surface area contributed by atoms with E-state index in [0.29, 0.717) is 21.4 Å². The SMILES string of the molecule is CC(=O)Nc1cc(Cl)ccc1C(=O)Nc1nc(C)c(C)s1. The van der Waals surface area contributed by atoms with E-state index in [0.717, 1.165) is 10.6 Å². The fraction of sp³-hybridized carbons (Fsp3) is 0.214. The summed E-state index contributed by atoms with van der Waals surface area (Å²) >= 11 is 7.30. The van der Waals surface area contributed by atoms with Gasteiger partial charge >= 0.3 is 0 Å². The van der Waals surface area contributed by atoms with Gasteiger partial charge in [0.1, 0.15) is 0 Å². The van der Waals surface area contributed by atoms with Crippen molar-refractivity contribution in [2.75, 3.05) is 10.6 Å². The van der Waals surface area contributed by atoms with Crippen molar-refractivity contribution in [1.29, 1.82) is 0 Å². The fourth-order valence-electron chi connectivity index (χ4n) is 1.70. The lowest BCUT2D eigenvalue weighted by Gasteiger charge is -2.09. The van der Waals surface area contributed by atoms with Gasteiger partial charge in [0.2, 0.25) is 5.91 Å². The lowest BCUT2D eigenvalue weighted by molar-refractivity contribution is -0.114. The molecule has 1 aromatic carbocycles. The highest BCUT2D eigenvalue weighted by Crippen LogP contribution is 2.25. The topological polar surface area (TPSA) is 71.1 Å². The van der Waals surface area contributed by atoms with Crippen molar-refractivity contribution in [2.45, 2.75) is 20.8 Å². The van der Waals surface area contributed by atoms with Crippen LogP contribution in [0.2, 0.25) is 5.02 Å². The molecule has 0 bridgehead atoms. The Hall–Kier alpha value is -1.92. The number of anilines is 2. The number of aryl methyl sites for hydroxylation is 2. The number of aromatic nitrogens is 1. The molecule has 2 rings (SSSR count). The molecular formula is C14H14ClN3O2S. The van der Waals surface area contributed by atoms with E-state index in [9.17, 15) is 9.59 Å². The van der Waals surface area contributed by atoms with Gasteiger partial charge in [-0.3, -0.25) is 14.9 Å². The predicted octanol–water partition coefficient (Wildman–Crippen LogP) is 3.62. The van der Waals surface area contributed by atoms with Crippen LogP contribution in [0.1, 0.15) is 27.9 Å². The molecule has 0 aliphatic heterocycles. The van der Waals surface area contributed by atoms with Crippen molar-refractivity contribution < 1.29 is 9.59 Å². The molecule has 0 radical (unpaired) electrons. The Kier molecular flexibility index (Phi) is 4.59. The average molecular weight is 324 g/mol. The minimum Gasteiger partial charge on any atom is -0.326 e. The third-order valence-corrected chi connectivity index (χ3v) is 4.01. The third-order valence-electron chi connectivity index (χ3n) is 2.79. The summed E-state index contributed by atoms with van der Waals surface area (Å²) in [7, 11) is 0. The molecule has 5 nitrogen and oxygen atoms in total. The molecule has 21 heavy (non-hydrogen) atoms. The van der Waals surface area contributed by atoms with Gasteiger partial charge in [-0.15, -0.1) is 11.3 Å². The second-order valence-electron chi connectivity index (χ2n) is 4.49. The monoisotopic (exact) mass is 323 g/mol. The van der Waals surface area contributed by atoms with E-state index < -0.39 is 0 Å². The summed E-state index contributed by atoms with van der Waals surface area (Å²) in [6.45, 7) is 5.19. The molecule has 7 heteroatoms. The average Bonchev–Trinajstić information content (AvgIpc) is 2.67. The zero-order chi connectivity index (χ0) is 15.6. The number of nitrogens with zero attached hydrogens (tertiary/aromatic N) is 1. The molecule has 0 unspecified atom stereocenters. The van der Waals surface area contributed by atoms with Crippen molar-refractivity contribution in [3.05, 3.63) is 39.4 Å². The summed E-state index contributed by atoms with van der Waals surface area (Å²) in [4.78, 5) is 28.8. The summed E-state index contributed by atoms with van der Waals surface area (Å²) in [6.07, 6.45) is 0. The summed E-state index contributed by atoms with van der Waals surface area (Å²) in [5.41, 5.74) is 1.59. The van der Waals surface area contributed by atoms with E-state index in [-0.39, 0.29) is 11.8 Å². The van der Waals surface area contributed by atoms with Gasteiger partial charge in [-0.05, 0) is 32.0 Å². The Morgan fingerprint density at radius 3 is 2.52 bits per heavy atom. The highest BCUT2D eigenvalue weighted by molar-refractivity contribution is 7.15. The second-order valence-corrected chi connectivity index (χ2v) is 6.13. The van der Waals surface area contributed by atoms with E-state index in [1.165, 1.54) is 24.3 Å². The standard InChI is InChI=1S/C14H14ClN3O2S/c1-7-8(2)21-14(16-7)18-13(20)11-5-4-10(15)6-12(11)17-9(3)19/h4-6H,1-3H3,(H,17,19)(H,16,18,20). The zero-order valence-corrected chi connectivity index (χ0v) is 13.4. The van der Waals surface area contributed by atoms with Gasteiger partial charge in [0.15, 0.2) is 5.13 Å². The number of halogens is 1. The molecule has 0 aliphatic carbocycles. The number of hydrogen-bond acceptors (Lipinski definition) is 4. The Morgan fingerprint density at radius 1 is 1.24 bits per heavy atom. The number of carbonyl (C=O) groups is 2. The van der Waals surface area contributed by atoms with Crippen LogP contribution in [0, 0.1) is 13.8 Å². The lowest BCUT2D eigenvalue weighted by atomic mass is 10.1. The Balaban J connectivity index is 2.27. The number of thiazole rings is 1. The molecule has 0 aliphatic rings. The molecule has 0 spiro atoms. The first-order valence-corrected chi connectivity index (χ1v) is 7.39. The molecule has 1 heterocycles. The number of benzene rings is 1. The van der Waals surface area contributed by atoms with Crippen LogP contribution in [-0.4, -0.2) is 16.8 Å². The van der Waals surface area contributed by atoms with Crippen LogP contribution in [0.3, 0.4) is 0 Å². The van der Waals surface area contributed by atoms with Gasteiger partial charge in [0.05, 0.1) is 16.9 Å². The van der Waals surface area contributed by atoms with E-state index >= 15 is 0 Å². The molecule has 0 fully saturated rings. The number of amides is 2. The van der Waals surface area contributed by atoms with Crippen LogP contribution in [0.25, 0.3) is 0 Å². The summed E-state index contributed by atoms with van der Waals surface area (Å²) in [5, 5.41) is 6.29. The van der Waals surface area contributed by atoms with Gasteiger partial charge in [-0.2, -0.15) is 0 Å². The largest absolute Gasteiger partial charge is 0.326 e. The molecule has 2 aromatic rings. The van der Waals surface area contributed by atoms with Crippen LogP contribution >= 0.6 is 22.9 Å². The number of carbonyl (C=O) groups excluding carboxylic acids is 2. The van der Waals surface area contributed by atoms with E-state index in [4.69, 9.17) is 11.6 Å². The van der Waals surface area contributed by atoms with Crippen LogP contribution in [0.15, 0.2) is 18.2 Å². The highest BCUT2D eigenvalue weighted by Gasteiger charge is 2.15. The predicted molar refractivity (Wildman–Crippen MR) is 85.3 cm³/mol. The molecule has 2 N–H and O–H groups in total. The van der Waals surface area contributed by atoms with Gasteiger partial charge in [-0.1, -0.05) is 11.6 Å².